The zero-order chi connectivity index (χ0) is 47.3. The maximum absolute atomic E-state index is 14.0. The fourth-order valence-corrected chi connectivity index (χ4v) is 5.87. The zero-order valence-corrected chi connectivity index (χ0v) is 35.6. The number of guanidine groups is 1. The normalized spacial score (nSPS) is 14.9. The molecule has 7 amide bonds. The van der Waals surface area contributed by atoms with Gasteiger partial charge in [-0.2, -0.15) is 0 Å². The number of carbonyl (C=O) groups excluding carboxylic acids is 7. The van der Waals surface area contributed by atoms with Crippen molar-refractivity contribution >= 4 is 59.2 Å². The molecule has 0 radical (unpaired) electrons. The van der Waals surface area contributed by atoms with E-state index >= 15 is 0 Å². The fourth-order valence-electron chi connectivity index (χ4n) is 5.87. The molecule has 346 valence electrons. The molecule has 17 N–H and O–H groups in total. The van der Waals surface area contributed by atoms with Crippen molar-refractivity contribution in [3.05, 3.63) is 35.9 Å². The van der Waals surface area contributed by atoms with E-state index in [1.807, 2.05) is 0 Å². The van der Waals surface area contributed by atoms with Crippen LogP contribution in [0.2, 0.25) is 0 Å². The first kappa shape index (κ1) is 53.7. The second kappa shape index (κ2) is 26.8. The summed E-state index contributed by atoms with van der Waals surface area (Å²) in [4.78, 5) is 120. The minimum absolute atomic E-state index is 0.0424. The Morgan fingerprint density at radius 3 is 1.68 bits per heavy atom. The van der Waals surface area contributed by atoms with E-state index in [2.05, 4.69) is 36.9 Å². The predicted octanol–water partition coefficient (Wildman–Crippen LogP) is -3.57. The van der Waals surface area contributed by atoms with Crippen LogP contribution >= 0.6 is 0 Å². The minimum Gasteiger partial charge on any atom is -0.481 e. The van der Waals surface area contributed by atoms with E-state index in [1.165, 1.54) is 0 Å². The molecule has 0 saturated heterocycles. The van der Waals surface area contributed by atoms with Gasteiger partial charge in [0, 0.05) is 19.4 Å². The van der Waals surface area contributed by atoms with Crippen LogP contribution in [0.1, 0.15) is 78.7 Å². The maximum Gasteiger partial charge on any atom is 0.326 e. The molecule has 0 aromatic heterocycles. The first-order valence-corrected chi connectivity index (χ1v) is 20.0. The Morgan fingerprint density at radius 1 is 0.645 bits per heavy atom. The van der Waals surface area contributed by atoms with Crippen LogP contribution in [0.25, 0.3) is 0 Å². The highest BCUT2D eigenvalue weighted by Gasteiger charge is 2.36. The Kier molecular flexibility index (Phi) is 23.2. The highest BCUT2D eigenvalue weighted by Crippen LogP contribution is 2.11. The second-order valence-corrected chi connectivity index (χ2v) is 15.5. The van der Waals surface area contributed by atoms with Crippen LogP contribution < -0.4 is 54.8 Å². The molecule has 23 nitrogen and oxygen atoms in total. The van der Waals surface area contributed by atoms with Crippen LogP contribution in [0.3, 0.4) is 0 Å². The van der Waals surface area contributed by atoms with Gasteiger partial charge in [-0.1, -0.05) is 58.0 Å². The van der Waals surface area contributed by atoms with Gasteiger partial charge in [-0.3, -0.25) is 43.3 Å². The Hall–Kier alpha value is -6.36. The summed E-state index contributed by atoms with van der Waals surface area (Å²) in [6.07, 6.45) is -3.01. The van der Waals surface area contributed by atoms with Gasteiger partial charge in [0.1, 0.15) is 36.3 Å². The first-order chi connectivity index (χ1) is 28.9. The molecule has 0 spiro atoms. The molecular weight excluding hydrogens is 814 g/mol. The number of aliphatic hydroxyl groups is 1. The number of carboxylic acid groups (broad SMARTS) is 2. The SMILES string of the molecule is CC(C)C[C@H](NC(=O)[C@H](Cc1ccccc1)NC(=O)[C@H](CC(N)=O)NC(=O)[C@@H](NC(=O)[C@@H](NC(=O)[C@@H](N)CCC(=O)O)C(C)C)[C@@H](C)O)C(=O)N[C@@H](CCCN=C(N)N)C(=O)O. The summed E-state index contributed by atoms with van der Waals surface area (Å²) in [5.74, 6) is -10.3. The summed E-state index contributed by atoms with van der Waals surface area (Å²) in [7, 11) is 0. The lowest BCUT2D eigenvalue weighted by atomic mass is 10.00. The van der Waals surface area contributed by atoms with E-state index in [0.29, 0.717) is 5.56 Å². The number of hydrogen-bond donors (Lipinski definition) is 13. The van der Waals surface area contributed by atoms with Gasteiger partial charge < -0.3 is 70.2 Å². The molecule has 1 rings (SSSR count). The van der Waals surface area contributed by atoms with Crippen molar-refractivity contribution in [3.63, 3.8) is 0 Å². The van der Waals surface area contributed by atoms with Crippen molar-refractivity contribution in [1.29, 1.82) is 0 Å². The average Bonchev–Trinajstić information content (AvgIpc) is 3.17. The molecule has 62 heavy (non-hydrogen) atoms. The van der Waals surface area contributed by atoms with Crippen LogP contribution in [0, 0.1) is 11.8 Å². The molecule has 0 aliphatic carbocycles. The summed E-state index contributed by atoms with van der Waals surface area (Å²) in [5, 5.41) is 43.7. The summed E-state index contributed by atoms with van der Waals surface area (Å²) < 4.78 is 0. The number of aliphatic imine (C=N–C) groups is 1. The second-order valence-electron chi connectivity index (χ2n) is 15.5. The number of aliphatic carboxylic acids is 2. The van der Waals surface area contributed by atoms with Gasteiger partial charge in [0.05, 0.1) is 18.6 Å². The Labute approximate surface area is 359 Å². The summed E-state index contributed by atoms with van der Waals surface area (Å²) in [5.41, 5.74) is 22.4. The summed E-state index contributed by atoms with van der Waals surface area (Å²) >= 11 is 0. The van der Waals surface area contributed by atoms with Crippen molar-refractivity contribution in [3.8, 4) is 0 Å². The number of nitrogens with zero attached hydrogens (tertiary/aromatic N) is 1. The maximum atomic E-state index is 14.0. The lowest BCUT2D eigenvalue weighted by molar-refractivity contribution is -0.142. The zero-order valence-electron chi connectivity index (χ0n) is 35.6. The molecule has 23 heteroatoms. The third-order valence-electron chi connectivity index (χ3n) is 9.17. The molecule has 1 aromatic carbocycles. The Morgan fingerprint density at radius 2 is 1.16 bits per heavy atom. The molecule has 1 aromatic rings. The van der Waals surface area contributed by atoms with Crippen molar-refractivity contribution < 1.29 is 58.5 Å². The Balaban J connectivity index is 3.38. The van der Waals surface area contributed by atoms with E-state index in [-0.39, 0.29) is 50.5 Å². The molecular formula is C39H63N11O12. The largest absolute Gasteiger partial charge is 0.481 e. The molecule has 8 atom stereocenters. The van der Waals surface area contributed by atoms with E-state index in [1.54, 1.807) is 58.0 Å². The van der Waals surface area contributed by atoms with Crippen LogP contribution in [0.15, 0.2) is 35.3 Å². The fraction of sp³-hybridized carbons (Fsp3) is 0.590. The van der Waals surface area contributed by atoms with Crippen molar-refractivity contribution in [1.82, 2.24) is 31.9 Å². The van der Waals surface area contributed by atoms with Crippen molar-refractivity contribution in [2.75, 3.05) is 6.54 Å². The quantitative estimate of drug-likeness (QED) is 0.0220. The number of nitrogens with two attached hydrogens (primary N) is 4. The van der Waals surface area contributed by atoms with Gasteiger partial charge in [-0.15, -0.1) is 0 Å². The summed E-state index contributed by atoms with van der Waals surface area (Å²) in [6, 6.07) is -1.89. The van der Waals surface area contributed by atoms with E-state index in [9.17, 15) is 53.4 Å². The number of aliphatic hydroxyl groups excluding tert-OH is 1. The van der Waals surface area contributed by atoms with Gasteiger partial charge in [-0.25, -0.2) is 4.79 Å². The van der Waals surface area contributed by atoms with E-state index in [0.717, 1.165) is 6.92 Å². The lowest BCUT2D eigenvalue weighted by Crippen LogP contribution is -2.62. The molecule has 0 unspecified atom stereocenters. The first-order valence-electron chi connectivity index (χ1n) is 20.0. The van der Waals surface area contributed by atoms with Crippen LogP contribution in [-0.2, 0) is 49.6 Å². The van der Waals surface area contributed by atoms with Gasteiger partial charge >= 0.3 is 11.9 Å². The number of rotatable bonds is 28. The average molecular weight is 878 g/mol. The standard InChI is InChI=1S/C39H63N11O12/c1-19(2)16-25(33(56)45-24(38(61)62)12-9-15-44-39(42)43)46-34(57)26(17-22-10-7-6-8-11-22)47-35(58)27(18-28(41)52)48-37(60)31(21(5)51)50-36(59)30(20(3)4)49-32(55)23(40)13-14-29(53)54/h6-8,10-11,19-21,23-27,30-31,51H,9,12-18,40H2,1-5H3,(H2,41,52)(H,45,56)(H,46,57)(H,47,58)(H,48,60)(H,49,55)(H,50,59)(H,53,54)(H,61,62)(H4,42,43,44)/t21-,23+,24+,25+,26+,27+,30+,31+/m1/s1. The van der Waals surface area contributed by atoms with Crippen molar-refractivity contribution in [2.24, 2.45) is 39.8 Å². The molecule has 0 fully saturated rings. The highest BCUT2D eigenvalue weighted by molar-refractivity contribution is 5.98. The number of carboxylic acids is 2. The number of hydrogen-bond acceptors (Lipinski definition) is 12. The number of amides is 7. The molecule has 0 aliphatic heterocycles. The summed E-state index contributed by atoms with van der Waals surface area (Å²) in [6.45, 7) is 7.89. The molecule has 0 heterocycles. The van der Waals surface area contributed by atoms with E-state index < -0.39 is 120 Å². The minimum atomic E-state index is -1.78. The number of carbonyl (C=O) groups is 9. The third-order valence-corrected chi connectivity index (χ3v) is 9.17. The third kappa shape index (κ3) is 20.3. The molecule has 0 saturated carbocycles. The van der Waals surface area contributed by atoms with E-state index in [4.69, 9.17) is 28.0 Å². The number of nitrogens with one attached hydrogen (secondary N) is 6. The Bertz CT molecular complexity index is 1740. The smallest absolute Gasteiger partial charge is 0.326 e. The number of primary amides is 1. The predicted molar refractivity (Wildman–Crippen MR) is 224 cm³/mol. The van der Waals surface area contributed by atoms with Gasteiger partial charge in [0.25, 0.3) is 0 Å². The monoisotopic (exact) mass is 877 g/mol. The van der Waals surface area contributed by atoms with Crippen LogP contribution in [0.5, 0.6) is 0 Å². The lowest BCUT2D eigenvalue weighted by Gasteiger charge is -2.29. The van der Waals surface area contributed by atoms with Crippen LogP contribution in [0.4, 0.5) is 0 Å². The highest BCUT2D eigenvalue weighted by atomic mass is 16.4. The van der Waals surface area contributed by atoms with Gasteiger partial charge in [0.2, 0.25) is 41.4 Å². The van der Waals surface area contributed by atoms with Gasteiger partial charge in [0.15, 0.2) is 5.96 Å². The number of benzene rings is 1. The van der Waals surface area contributed by atoms with Crippen molar-refractivity contribution in [2.45, 2.75) is 128 Å². The molecule has 0 bridgehead atoms. The van der Waals surface area contributed by atoms with Gasteiger partial charge in [-0.05, 0) is 50.0 Å². The topological polar surface area (TPSA) is 403 Å². The van der Waals surface area contributed by atoms with Crippen LogP contribution in [-0.4, -0.2) is 130 Å². The molecule has 0 aliphatic rings.